The first-order chi connectivity index (χ1) is 12.1. The molecule has 0 spiro atoms. The highest BCUT2D eigenvalue weighted by molar-refractivity contribution is 7.71. The van der Waals surface area contributed by atoms with E-state index in [9.17, 15) is 4.39 Å². The van der Waals surface area contributed by atoms with Gasteiger partial charge in [-0.15, -0.1) is 0 Å². The van der Waals surface area contributed by atoms with Gasteiger partial charge in [0.1, 0.15) is 24.4 Å². The van der Waals surface area contributed by atoms with Crippen molar-refractivity contribution in [2.75, 3.05) is 14.2 Å². The van der Waals surface area contributed by atoms with Gasteiger partial charge in [-0.3, -0.25) is 4.57 Å². The van der Waals surface area contributed by atoms with Crippen LogP contribution in [0.25, 0.3) is 5.69 Å². The summed E-state index contributed by atoms with van der Waals surface area (Å²) in [4.78, 5) is 1.19. The van der Waals surface area contributed by atoms with Gasteiger partial charge in [0, 0.05) is 11.6 Å². The number of benzene rings is 2. The maximum atomic E-state index is 13.0. The number of nitrogens with one attached hydrogen (secondary N) is 1. The summed E-state index contributed by atoms with van der Waals surface area (Å²) in [7, 11) is 3.69. The summed E-state index contributed by atoms with van der Waals surface area (Å²) in [5.74, 6) is 0.548. The van der Waals surface area contributed by atoms with E-state index in [0.29, 0.717) is 11.4 Å². The molecule has 1 unspecified atom stereocenters. The molecule has 1 heterocycles. The number of hydrogen-bond acceptors (Lipinski definition) is 3. The summed E-state index contributed by atoms with van der Waals surface area (Å²) < 4.78 is 22.5. The van der Waals surface area contributed by atoms with Crippen LogP contribution in [-0.2, 0) is 13.2 Å². The van der Waals surface area contributed by atoms with Crippen LogP contribution < -0.4 is 9.64 Å². The molecule has 1 atom stereocenters. The quantitative estimate of drug-likeness (QED) is 0.686. The van der Waals surface area contributed by atoms with Crippen LogP contribution in [0, 0.1) is 10.6 Å². The van der Waals surface area contributed by atoms with Gasteiger partial charge in [-0.05, 0) is 36.5 Å². The van der Waals surface area contributed by atoms with Crippen LogP contribution in [0.4, 0.5) is 4.39 Å². The maximum absolute atomic E-state index is 13.0. The molecule has 0 radical (unpaired) electrons. The lowest BCUT2D eigenvalue weighted by Crippen LogP contribution is -3.07. The average Bonchev–Trinajstić information content (AvgIpc) is 2.97. The monoisotopic (exact) mass is 359 g/mol. The second kappa shape index (κ2) is 7.58. The predicted octanol–water partition coefficient (Wildman–Crippen LogP) is 2.22. The van der Waals surface area contributed by atoms with Gasteiger partial charge in [0.05, 0.1) is 19.8 Å². The summed E-state index contributed by atoms with van der Waals surface area (Å²) in [6.07, 6.45) is 1.71. The summed E-state index contributed by atoms with van der Waals surface area (Å²) in [6, 6.07) is 14.2. The zero-order chi connectivity index (χ0) is 17.8. The molecule has 25 heavy (non-hydrogen) atoms. The zero-order valence-electron chi connectivity index (χ0n) is 14.1. The molecule has 0 amide bonds. The molecule has 2 aromatic carbocycles. The van der Waals surface area contributed by atoms with Gasteiger partial charge < -0.3 is 9.64 Å². The van der Waals surface area contributed by atoms with E-state index >= 15 is 0 Å². The third-order valence-electron chi connectivity index (χ3n) is 3.90. The minimum absolute atomic E-state index is 0.222. The minimum Gasteiger partial charge on any atom is -0.497 e. The number of ether oxygens (including phenoxy) is 1. The normalized spacial score (nSPS) is 12.1. The molecule has 0 aliphatic heterocycles. The van der Waals surface area contributed by atoms with Gasteiger partial charge in [0.2, 0.25) is 4.77 Å². The lowest BCUT2D eigenvalue weighted by atomic mass is 10.2. The van der Waals surface area contributed by atoms with Crippen molar-refractivity contribution in [3.05, 3.63) is 71.0 Å². The highest BCUT2D eigenvalue weighted by Crippen LogP contribution is 2.16. The molecule has 0 bridgehead atoms. The van der Waals surface area contributed by atoms with Crippen LogP contribution in [0.15, 0.2) is 54.9 Å². The third-order valence-corrected chi connectivity index (χ3v) is 4.31. The Morgan fingerprint density at radius 1 is 1.20 bits per heavy atom. The van der Waals surface area contributed by atoms with Crippen molar-refractivity contribution >= 4 is 12.2 Å². The fourth-order valence-electron chi connectivity index (χ4n) is 2.65. The summed E-state index contributed by atoms with van der Waals surface area (Å²) in [6.45, 7) is 1.38. The van der Waals surface area contributed by atoms with Gasteiger partial charge in [-0.1, -0.05) is 18.2 Å². The minimum atomic E-state index is -0.222. The van der Waals surface area contributed by atoms with Crippen LogP contribution in [0.3, 0.4) is 0 Å². The van der Waals surface area contributed by atoms with Gasteiger partial charge in [0.25, 0.3) is 0 Å². The standard InChI is InChI=1S/C18H19FN4OS/c1-21(11-14-6-8-15(19)9-7-14)13-23-18(25)22(12-20-23)16-4-3-5-17(10-16)24-2/h3-10,12H,11,13H2,1-2H3/p+1. The molecule has 0 aliphatic carbocycles. The van der Waals surface area contributed by atoms with E-state index in [1.54, 1.807) is 30.3 Å². The van der Waals surface area contributed by atoms with Crippen LogP contribution in [0.1, 0.15) is 5.56 Å². The van der Waals surface area contributed by atoms with Crippen LogP contribution in [0.2, 0.25) is 0 Å². The molecule has 0 saturated heterocycles. The van der Waals surface area contributed by atoms with Crippen LogP contribution in [-0.4, -0.2) is 28.5 Å². The Bertz CT molecular complexity index is 904. The smallest absolute Gasteiger partial charge is 0.207 e. The largest absolute Gasteiger partial charge is 0.497 e. The molecule has 0 saturated carbocycles. The van der Waals surface area contributed by atoms with E-state index in [1.165, 1.54) is 17.0 Å². The predicted molar refractivity (Wildman–Crippen MR) is 95.9 cm³/mol. The first-order valence-corrected chi connectivity index (χ1v) is 8.32. The first kappa shape index (κ1) is 17.3. The molecular formula is C18H20FN4OS+. The molecule has 5 nitrogen and oxygen atoms in total. The van der Waals surface area contributed by atoms with Gasteiger partial charge in [-0.2, -0.15) is 9.78 Å². The molecule has 1 aromatic heterocycles. The topological polar surface area (TPSA) is 36.4 Å². The Morgan fingerprint density at radius 3 is 2.68 bits per heavy atom. The van der Waals surface area contributed by atoms with Crippen molar-refractivity contribution in [1.82, 2.24) is 14.3 Å². The van der Waals surface area contributed by atoms with Gasteiger partial charge in [-0.25, -0.2) is 4.39 Å². The van der Waals surface area contributed by atoms with Crippen molar-refractivity contribution in [2.45, 2.75) is 13.2 Å². The van der Waals surface area contributed by atoms with E-state index in [4.69, 9.17) is 17.0 Å². The van der Waals surface area contributed by atoms with Gasteiger partial charge >= 0.3 is 0 Å². The molecule has 3 aromatic rings. The van der Waals surface area contributed by atoms with E-state index in [2.05, 4.69) is 12.1 Å². The van der Waals surface area contributed by atoms with Crippen LogP contribution >= 0.6 is 12.2 Å². The molecule has 3 rings (SSSR count). The van der Waals surface area contributed by atoms with E-state index in [1.807, 2.05) is 28.8 Å². The number of hydrogen-bond donors (Lipinski definition) is 1. The highest BCUT2D eigenvalue weighted by atomic mass is 32.1. The Labute approximate surface area is 150 Å². The second-order valence-corrected chi connectivity index (χ2v) is 6.27. The Morgan fingerprint density at radius 2 is 1.96 bits per heavy atom. The fourth-order valence-corrected chi connectivity index (χ4v) is 2.91. The molecule has 0 aliphatic rings. The number of rotatable bonds is 6. The van der Waals surface area contributed by atoms with Crippen molar-refractivity contribution in [3.63, 3.8) is 0 Å². The number of aromatic nitrogens is 3. The summed E-state index contributed by atoms with van der Waals surface area (Å²) >= 11 is 5.55. The van der Waals surface area contributed by atoms with E-state index in [0.717, 1.165) is 23.5 Å². The van der Waals surface area contributed by atoms with Crippen LogP contribution in [0.5, 0.6) is 5.75 Å². The van der Waals surface area contributed by atoms with Gasteiger partial charge in [0.15, 0.2) is 6.67 Å². The molecule has 1 N–H and O–H groups in total. The van der Waals surface area contributed by atoms with Crippen molar-refractivity contribution in [2.24, 2.45) is 0 Å². The Kier molecular flexibility index (Phi) is 5.25. The average molecular weight is 359 g/mol. The summed E-state index contributed by atoms with van der Waals surface area (Å²) in [5, 5.41) is 4.40. The zero-order valence-corrected chi connectivity index (χ0v) is 15.0. The number of quaternary nitrogens is 1. The summed E-state index contributed by atoms with van der Waals surface area (Å²) in [5.41, 5.74) is 1.98. The van der Waals surface area contributed by atoms with Crippen molar-refractivity contribution < 1.29 is 14.0 Å². The second-order valence-electron chi connectivity index (χ2n) is 5.90. The fraction of sp³-hybridized carbons (Fsp3) is 0.222. The number of halogens is 1. The molecule has 0 fully saturated rings. The SMILES string of the molecule is COc1cccc(-n2cnn(C[NH+](C)Cc3ccc(F)cc3)c2=S)c1. The Balaban J connectivity index is 1.74. The lowest BCUT2D eigenvalue weighted by Gasteiger charge is -2.13. The Hall–Kier alpha value is -2.51. The maximum Gasteiger partial charge on any atom is 0.207 e. The van der Waals surface area contributed by atoms with Crippen molar-refractivity contribution in [3.8, 4) is 11.4 Å². The molecule has 7 heteroatoms. The number of methoxy groups -OCH3 is 1. The number of nitrogens with zero attached hydrogens (tertiary/aromatic N) is 3. The van der Waals surface area contributed by atoms with E-state index < -0.39 is 0 Å². The third kappa shape index (κ3) is 4.12. The van der Waals surface area contributed by atoms with Crippen molar-refractivity contribution in [1.29, 1.82) is 0 Å². The first-order valence-electron chi connectivity index (χ1n) is 7.91. The lowest BCUT2D eigenvalue weighted by molar-refractivity contribution is -0.917. The van der Waals surface area contributed by atoms with E-state index in [-0.39, 0.29) is 5.82 Å². The highest BCUT2D eigenvalue weighted by Gasteiger charge is 2.10. The molecule has 130 valence electrons. The molecular weight excluding hydrogens is 339 g/mol.